The van der Waals surface area contributed by atoms with Crippen LogP contribution in [0.5, 0.6) is 5.75 Å². The Hall–Kier alpha value is -2.68. The van der Waals surface area contributed by atoms with Gasteiger partial charge in [0.05, 0.1) is 5.52 Å². The third-order valence-corrected chi connectivity index (χ3v) is 4.09. The summed E-state index contributed by atoms with van der Waals surface area (Å²) in [7, 11) is 0. The topological polar surface area (TPSA) is 39.2 Å². The van der Waals surface area contributed by atoms with Gasteiger partial charge in [0, 0.05) is 18.0 Å². The van der Waals surface area contributed by atoms with Crippen LogP contribution < -0.4 is 4.74 Å². The second-order valence-electron chi connectivity index (χ2n) is 5.88. The van der Waals surface area contributed by atoms with E-state index in [1.165, 1.54) is 17.9 Å². The first-order chi connectivity index (χ1) is 11.7. The van der Waals surface area contributed by atoms with E-state index in [4.69, 9.17) is 9.72 Å². The van der Waals surface area contributed by atoms with Crippen molar-refractivity contribution in [2.24, 2.45) is 0 Å². The fourth-order valence-corrected chi connectivity index (χ4v) is 2.84. The summed E-state index contributed by atoms with van der Waals surface area (Å²) in [4.78, 5) is 15.9. The summed E-state index contributed by atoms with van der Waals surface area (Å²) in [5.41, 5.74) is 4.43. The Kier molecular flexibility index (Phi) is 4.90. The van der Waals surface area contributed by atoms with Crippen LogP contribution >= 0.6 is 0 Å². The van der Waals surface area contributed by atoms with E-state index in [-0.39, 0.29) is 5.97 Å². The summed E-state index contributed by atoms with van der Waals surface area (Å²) in [6.07, 6.45) is 2.64. The number of para-hydroxylation sites is 1. The number of aryl methyl sites for hydroxylation is 3. The van der Waals surface area contributed by atoms with Crippen molar-refractivity contribution in [2.75, 3.05) is 0 Å². The van der Waals surface area contributed by atoms with E-state index in [2.05, 4.69) is 31.2 Å². The predicted octanol–water partition coefficient (Wildman–Crippen LogP) is 4.51. The lowest BCUT2D eigenvalue weighted by Gasteiger charge is -2.10. The summed E-state index contributed by atoms with van der Waals surface area (Å²) in [6.45, 7) is 3.50. The van der Waals surface area contributed by atoms with Crippen molar-refractivity contribution in [3.63, 3.8) is 0 Å². The highest BCUT2D eigenvalue weighted by molar-refractivity contribution is 5.78. The quantitative estimate of drug-likeness (QED) is 0.513. The van der Waals surface area contributed by atoms with E-state index < -0.39 is 0 Å². The molecule has 3 rings (SSSR count). The van der Waals surface area contributed by atoms with E-state index in [0.29, 0.717) is 5.75 Å². The first-order valence-electron chi connectivity index (χ1n) is 8.30. The summed E-state index contributed by atoms with van der Waals surface area (Å²) in [5, 5.41) is 1.17. The smallest absolute Gasteiger partial charge is 0.308 e. The number of carbonyl (C=O) groups excluding carboxylic acids is 1. The molecule has 0 N–H and O–H groups in total. The minimum absolute atomic E-state index is 0.280. The van der Waals surface area contributed by atoms with Gasteiger partial charge in [0.1, 0.15) is 5.75 Å². The number of aromatic nitrogens is 1. The van der Waals surface area contributed by atoms with Crippen LogP contribution in [-0.4, -0.2) is 11.0 Å². The molecule has 3 aromatic rings. The van der Waals surface area contributed by atoms with Crippen molar-refractivity contribution in [1.29, 1.82) is 0 Å². The molecule has 122 valence electrons. The largest absolute Gasteiger partial charge is 0.426 e. The van der Waals surface area contributed by atoms with Crippen molar-refractivity contribution < 1.29 is 9.53 Å². The van der Waals surface area contributed by atoms with Crippen LogP contribution in [0.25, 0.3) is 10.9 Å². The molecule has 0 aliphatic carbocycles. The van der Waals surface area contributed by atoms with Crippen molar-refractivity contribution in [1.82, 2.24) is 4.98 Å². The number of carbonyl (C=O) groups is 1. The molecule has 0 radical (unpaired) electrons. The van der Waals surface area contributed by atoms with Crippen LogP contribution in [0.3, 0.4) is 0 Å². The second-order valence-corrected chi connectivity index (χ2v) is 5.88. The van der Waals surface area contributed by atoms with Gasteiger partial charge >= 0.3 is 5.97 Å². The molecule has 0 bridgehead atoms. The van der Waals surface area contributed by atoms with E-state index >= 15 is 0 Å². The third-order valence-electron chi connectivity index (χ3n) is 4.09. The maximum absolute atomic E-state index is 11.2. The minimum atomic E-state index is -0.280. The van der Waals surface area contributed by atoms with Crippen molar-refractivity contribution >= 4 is 16.9 Å². The van der Waals surface area contributed by atoms with Crippen molar-refractivity contribution in [3.05, 3.63) is 71.4 Å². The summed E-state index contributed by atoms with van der Waals surface area (Å²) >= 11 is 0. The van der Waals surface area contributed by atoms with Crippen LogP contribution in [0.4, 0.5) is 0 Å². The van der Waals surface area contributed by atoms with Gasteiger partial charge in [0.2, 0.25) is 0 Å². The monoisotopic (exact) mass is 319 g/mol. The number of hydrogen-bond acceptors (Lipinski definition) is 3. The molecule has 2 aromatic carbocycles. The van der Waals surface area contributed by atoms with E-state index in [1.54, 1.807) is 0 Å². The SMILES string of the molecule is CCc1cc(CCc2ccc3ccccc3n2)ccc1OC(C)=O. The maximum Gasteiger partial charge on any atom is 0.308 e. The molecular weight excluding hydrogens is 298 g/mol. The lowest BCUT2D eigenvalue weighted by atomic mass is 10.0. The molecule has 3 heteroatoms. The lowest BCUT2D eigenvalue weighted by molar-refractivity contribution is -0.131. The third kappa shape index (κ3) is 3.80. The Balaban J connectivity index is 1.74. The number of hydrogen-bond donors (Lipinski definition) is 0. The molecule has 0 amide bonds. The zero-order valence-electron chi connectivity index (χ0n) is 14.1. The average molecular weight is 319 g/mol. The molecular formula is C21H21NO2. The first-order valence-corrected chi connectivity index (χ1v) is 8.30. The van der Waals surface area contributed by atoms with Gasteiger partial charge in [0.25, 0.3) is 0 Å². The molecule has 0 unspecified atom stereocenters. The van der Waals surface area contributed by atoms with Gasteiger partial charge in [-0.1, -0.05) is 43.3 Å². The Morgan fingerprint density at radius 1 is 1.04 bits per heavy atom. The van der Waals surface area contributed by atoms with Gasteiger partial charge in [-0.05, 0) is 48.6 Å². The number of pyridine rings is 1. The van der Waals surface area contributed by atoms with Crippen LogP contribution in [0.15, 0.2) is 54.6 Å². The molecule has 3 nitrogen and oxygen atoms in total. The average Bonchev–Trinajstić information content (AvgIpc) is 2.60. The maximum atomic E-state index is 11.2. The molecule has 24 heavy (non-hydrogen) atoms. The fraction of sp³-hybridized carbons (Fsp3) is 0.238. The summed E-state index contributed by atoms with van der Waals surface area (Å²) in [5.74, 6) is 0.385. The van der Waals surface area contributed by atoms with Crippen LogP contribution in [0.2, 0.25) is 0 Å². The number of ether oxygens (including phenoxy) is 1. The van der Waals surface area contributed by atoms with Gasteiger partial charge in [-0.15, -0.1) is 0 Å². The molecule has 1 heterocycles. The van der Waals surface area contributed by atoms with E-state index in [9.17, 15) is 4.79 Å². The number of fused-ring (bicyclic) bond motifs is 1. The Morgan fingerprint density at radius 3 is 2.67 bits per heavy atom. The zero-order chi connectivity index (χ0) is 16.9. The van der Waals surface area contributed by atoms with Gasteiger partial charge in [-0.2, -0.15) is 0 Å². The zero-order valence-corrected chi connectivity index (χ0v) is 14.1. The molecule has 0 fully saturated rings. The molecule has 1 aromatic heterocycles. The highest BCUT2D eigenvalue weighted by Crippen LogP contribution is 2.22. The highest BCUT2D eigenvalue weighted by atomic mass is 16.5. The molecule has 0 atom stereocenters. The Bertz CT molecular complexity index is 871. The predicted molar refractivity (Wildman–Crippen MR) is 96.3 cm³/mol. The standard InChI is InChI=1S/C21H21NO2/c1-3-17-14-16(9-13-21(17)24-15(2)23)8-11-19-12-10-18-6-4-5-7-20(18)22-19/h4-7,9-10,12-14H,3,8,11H2,1-2H3. The summed E-state index contributed by atoms with van der Waals surface area (Å²) < 4.78 is 5.25. The first kappa shape index (κ1) is 16.2. The van der Waals surface area contributed by atoms with Crippen molar-refractivity contribution in [3.8, 4) is 5.75 Å². The number of benzene rings is 2. The van der Waals surface area contributed by atoms with Crippen LogP contribution in [-0.2, 0) is 24.1 Å². The molecule has 0 saturated carbocycles. The molecule has 0 aliphatic rings. The summed E-state index contributed by atoms with van der Waals surface area (Å²) in [6, 6.07) is 18.4. The van der Waals surface area contributed by atoms with Crippen molar-refractivity contribution in [2.45, 2.75) is 33.1 Å². The van der Waals surface area contributed by atoms with Gasteiger partial charge in [0.15, 0.2) is 0 Å². The Labute approximate surface area is 142 Å². The number of nitrogens with zero attached hydrogens (tertiary/aromatic N) is 1. The number of rotatable bonds is 5. The molecule has 0 aliphatic heterocycles. The second kappa shape index (κ2) is 7.26. The Morgan fingerprint density at radius 2 is 1.88 bits per heavy atom. The van der Waals surface area contributed by atoms with E-state index in [0.717, 1.165) is 36.0 Å². The molecule has 0 spiro atoms. The fourth-order valence-electron chi connectivity index (χ4n) is 2.84. The molecule has 0 saturated heterocycles. The minimum Gasteiger partial charge on any atom is -0.426 e. The lowest BCUT2D eigenvalue weighted by Crippen LogP contribution is -2.04. The van der Waals surface area contributed by atoms with Crippen LogP contribution in [0.1, 0.15) is 30.7 Å². The van der Waals surface area contributed by atoms with Crippen LogP contribution in [0, 0.1) is 0 Å². The van der Waals surface area contributed by atoms with Gasteiger partial charge < -0.3 is 4.74 Å². The highest BCUT2D eigenvalue weighted by Gasteiger charge is 2.07. The normalized spacial score (nSPS) is 10.8. The van der Waals surface area contributed by atoms with Gasteiger partial charge in [-0.3, -0.25) is 9.78 Å². The van der Waals surface area contributed by atoms with E-state index in [1.807, 2.05) is 30.3 Å². The van der Waals surface area contributed by atoms with Gasteiger partial charge in [-0.25, -0.2) is 0 Å². The number of esters is 1.